The van der Waals surface area contributed by atoms with Crippen molar-refractivity contribution in [1.82, 2.24) is 5.32 Å². The van der Waals surface area contributed by atoms with Gasteiger partial charge in [-0.2, -0.15) is 0 Å². The number of fused-ring (bicyclic) bond motifs is 1. The Bertz CT molecular complexity index is 668. The molecule has 0 fully saturated rings. The van der Waals surface area contributed by atoms with Crippen LogP contribution in [0.2, 0.25) is 0 Å². The van der Waals surface area contributed by atoms with E-state index in [2.05, 4.69) is 16.8 Å². The number of aryl methyl sites for hydroxylation is 1. The van der Waals surface area contributed by atoms with Gasteiger partial charge in [0, 0.05) is 28.6 Å². The van der Waals surface area contributed by atoms with Crippen molar-refractivity contribution in [2.45, 2.75) is 31.8 Å². The molecule has 0 saturated heterocycles. The Morgan fingerprint density at radius 2 is 2.29 bits per heavy atom. The molecular formula is C16H17FN2OS. The van der Waals surface area contributed by atoms with Gasteiger partial charge in [0.15, 0.2) is 0 Å². The van der Waals surface area contributed by atoms with Crippen LogP contribution in [0.5, 0.6) is 0 Å². The van der Waals surface area contributed by atoms with Crippen molar-refractivity contribution in [3.05, 3.63) is 57.0 Å². The van der Waals surface area contributed by atoms with Crippen molar-refractivity contribution in [2.24, 2.45) is 5.73 Å². The highest BCUT2D eigenvalue weighted by molar-refractivity contribution is 7.10. The molecule has 3 rings (SSSR count). The second kappa shape index (κ2) is 5.95. The maximum atomic E-state index is 14.0. The van der Waals surface area contributed by atoms with Crippen LogP contribution in [0, 0.1) is 5.82 Å². The first-order chi connectivity index (χ1) is 10.1. The normalized spacial score (nSPS) is 17.5. The number of benzene rings is 1. The number of nitrogens with two attached hydrogens (primary N) is 1. The minimum Gasteiger partial charge on any atom is -0.366 e. The summed E-state index contributed by atoms with van der Waals surface area (Å²) in [6, 6.07) is 6.84. The number of thiophene rings is 1. The van der Waals surface area contributed by atoms with Crippen molar-refractivity contribution in [3.8, 4) is 0 Å². The SMILES string of the molecule is NC(=O)c1ccc(CNC2CCCc3sccc32)c(F)c1. The third kappa shape index (κ3) is 2.99. The van der Waals surface area contributed by atoms with E-state index in [1.807, 2.05) is 0 Å². The Morgan fingerprint density at radius 3 is 3.05 bits per heavy atom. The molecule has 0 radical (unpaired) electrons. The van der Waals surface area contributed by atoms with Gasteiger partial charge in [-0.05, 0) is 48.4 Å². The molecular weight excluding hydrogens is 287 g/mol. The van der Waals surface area contributed by atoms with Gasteiger partial charge in [0.1, 0.15) is 5.82 Å². The standard InChI is InChI=1S/C16H17FN2OS/c17-13-8-10(16(18)20)4-5-11(13)9-19-14-2-1-3-15-12(14)6-7-21-15/h4-8,14,19H,1-3,9H2,(H2,18,20). The molecule has 1 atom stereocenters. The van der Waals surface area contributed by atoms with Crippen LogP contribution in [0.25, 0.3) is 0 Å². The monoisotopic (exact) mass is 304 g/mol. The van der Waals surface area contributed by atoms with Gasteiger partial charge in [-0.3, -0.25) is 4.79 Å². The summed E-state index contributed by atoms with van der Waals surface area (Å²) in [4.78, 5) is 12.5. The third-order valence-electron chi connectivity index (χ3n) is 3.93. The van der Waals surface area contributed by atoms with Gasteiger partial charge in [-0.15, -0.1) is 11.3 Å². The molecule has 3 N–H and O–H groups in total. The van der Waals surface area contributed by atoms with Crippen molar-refractivity contribution < 1.29 is 9.18 Å². The summed E-state index contributed by atoms with van der Waals surface area (Å²) >= 11 is 1.79. The van der Waals surface area contributed by atoms with Crippen molar-refractivity contribution in [1.29, 1.82) is 0 Å². The molecule has 21 heavy (non-hydrogen) atoms. The average Bonchev–Trinajstić information content (AvgIpc) is 2.94. The molecule has 1 aromatic carbocycles. The number of hydrogen-bond acceptors (Lipinski definition) is 3. The van der Waals surface area contributed by atoms with Crippen LogP contribution in [0.15, 0.2) is 29.6 Å². The molecule has 1 amide bonds. The van der Waals surface area contributed by atoms with Crippen LogP contribution in [-0.2, 0) is 13.0 Å². The Hall–Kier alpha value is -1.72. The average molecular weight is 304 g/mol. The quantitative estimate of drug-likeness (QED) is 0.911. The summed E-state index contributed by atoms with van der Waals surface area (Å²) in [6.45, 7) is 0.449. The summed E-state index contributed by atoms with van der Waals surface area (Å²) < 4.78 is 14.0. The zero-order valence-corrected chi connectivity index (χ0v) is 12.4. The molecule has 0 spiro atoms. The van der Waals surface area contributed by atoms with E-state index in [0.717, 1.165) is 19.3 Å². The number of hydrogen-bond donors (Lipinski definition) is 2. The molecule has 5 heteroatoms. The molecule has 3 nitrogen and oxygen atoms in total. The number of carbonyl (C=O) groups is 1. The van der Waals surface area contributed by atoms with Crippen molar-refractivity contribution >= 4 is 17.2 Å². The largest absolute Gasteiger partial charge is 0.366 e. The Balaban J connectivity index is 1.70. The highest BCUT2D eigenvalue weighted by Gasteiger charge is 2.21. The highest BCUT2D eigenvalue weighted by Crippen LogP contribution is 2.33. The van der Waals surface area contributed by atoms with Crippen LogP contribution < -0.4 is 11.1 Å². The summed E-state index contributed by atoms with van der Waals surface area (Å²) in [5.74, 6) is -0.997. The lowest BCUT2D eigenvalue weighted by molar-refractivity contribution is 0.1000. The van der Waals surface area contributed by atoms with Crippen LogP contribution >= 0.6 is 11.3 Å². The molecule has 1 aromatic heterocycles. The smallest absolute Gasteiger partial charge is 0.248 e. The maximum Gasteiger partial charge on any atom is 0.248 e. The molecule has 1 heterocycles. The number of carbonyl (C=O) groups excluding carboxylic acids is 1. The van der Waals surface area contributed by atoms with E-state index < -0.39 is 5.91 Å². The van der Waals surface area contributed by atoms with E-state index in [-0.39, 0.29) is 17.4 Å². The first-order valence-corrected chi connectivity index (χ1v) is 7.91. The van der Waals surface area contributed by atoms with Gasteiger partial charge in [-0.1, -0.05) is 6.07 Å². The lowest BCUT2D eigenvalue weighted by Crippen LogP contribution is -2.24. The molecule has 0 aliphatic heterocycles. The predicted octanol–water partition coefficient (Wildman–Crippen LogP) is 3.15. The summed E-state index contributed by atoms with van der Waals surface area (Å²) in [6.07, 6.45) is 3.38. The lowest BCUT2D eigenvalue weighted by Gasteiger charge is -2.24. The zero-order valence-electron chi connectivity index (χ0n) is 11.6. The Morgan fingerprint density at radius 1 is 1.43 bits per heavy atom. The number of rotatable bonds is 4. The minimum absolute atomic E-state index is 0.203. The van der Waals surface area contributed by atoms with Crippen LogP contribution in [-0.4, -0.2) is 5.91 Å². The fraction of sp³-hybridized carbons (Fsp3) is 0.312. The van der Waals surface area contributed by atoms with Gasteiger partial charge in [0.25, 0.3) is 0 Å². The fourth-order valence-corrected chi connectivity index (χ4v) is 3.76. The van der Waals surface area contributed by atoms with Gasteiger partial charge < -0.3 is 11.1 Å². The van der Waals surface area contributed by atoms with Gasteiger partial charge >= 0.3 is 0 Å². The number of halogens is 1. The molecule has 2 aromatic rings. The third-order valence-corrected chi connectivity index (χ3v) is 4.92. The molecule has 0 saturated carbocycles. The van der Waals surface area contributed by atoms with Gasteiger partial charge in [0.2, 0.25) is 5.91 Å². The van der Waals surface area contributed by atoms with Crippen molar-refractivity contribution in [2.75, 3.05) is 0 Å². The number of nitrogens with one attached hydrogen (secondary N) is 1. The fourth-order valence-electron chi connectivity index (χ4n) is 2.78. The van der Waals surface area contributed by atoms with E-state index in [1.165, 1.54) is 16.5 Å². The summed E-state index contributed by atoms with van der Waals surface area (Å²) in [7, 11) is 0. The summed E-state index contributed by atoms with van der Waals surface area (Å²) in [5.41, 5.74) is 7.25. The Labute approximate surface area is 127 Å². The number of primary amides is 1. The lowest BCUT2D eigenvalue weighted by atomic mass is 9.94. The zero-order chi connectivity index (χ0) is 14.8. The predicted molar refractivity (Wildman–Crippen MR) is 81.8 cm³/mol. The second-order valence-corrected chi connectivity index (χ2v) is 6.30. The highest BCUT2D eigenvalue weighted by atomic mass is 32.1. The topological polar surface area (TPSA) is 55.1 Å². The minimum atomic E-state index is -0.608. The van der Waals surface area contributed by atoms with E-state index in [9.17, 15) is 9.18 Å². The number of amides is 1. The maximum absolute atomic E-state index is 14.0. The van der Waals surface area contributed by atoms with Crippen molar-refractivity contribution in [3.63, 3.8) is 0 Å². The molecule has 110 valence electrons. The van der Waals surface area contributed by atoms with Crippen LogP contribution in [0.1, 0.15) is 45.2 Å². The summed E-state index contributed by atoms with van der Waals surface area (Å²) in [5, 5.41) is 5.54. The molecule has 1 aliphatic carbocycles. The first kappa shape index (κ1) is 14.2. The van der Waals surface area contributed by atoms with Gasteiger partial charge in [-0.25, -0.2) is 4.39 Å². The van der Waals surface area contributed by atoms with Gasteiger partial charge in [0.05, 0.1) is 0 Å². The molecule has 1 unspecified atom stereocenters. The second-order valence-electron chi connectivity index (χ2n) is 5.30. The first-order valence-electron chi connectivity index (χ1n) is 7.03. The molecule has 0 bridgehead atoms. The Kier molecular flexibility index (Phi) is 4.03. The van der Waals surface area contributed by atoms with Crippen LogP contribution in [0.3, 0.4) is 0 Å². The van der Waals surface area contributed by atoms with E-state index in [1.54, 1.807) is 23.5 Å². The molecule has 1 aliphatic rings. The van der Waals surface area contributed by atoms with Crippen LogP contribution in [0.4, 0.5) is 4.39 Å². The van der Waals surface area contributed by atoms with E-state index in [0.29, 0.717) is 12.1 Å². The van der Waals surface area contributed by atoms with E-state index >= 15 is 0 Å². The van der Waals surface area contributed by atoms with E-state index in [4.69, 9.17) is 5.73 Å².